The second-order valence-corrected chi connectivity index (χ2v) is 11.6. The van der Waals surface area contributed by atoms with Gasteiger partial charge in [-0.1, -0.05) is 50.2 Å². The first-order chi connectivity index (χ1) is 16.3. The molecule has 1 aromatic heterocycles. The number of nitrogens with zero attached hydrogens (tertiary/aromatic N) is 4. The summed E-state index contributed by atoms with van der Waals surface area (Å²) in [7, 11) is 0. The number of nitriles is 1. The van der Waals surface area contributed by atoms with Crippen LogP contribution in [0.15, 0.2) is 36.9 Å². The summed E-state index contributed by atoms with van der Waals surface area (Å²) in [5, 5.41) is 11.1. The summed E-state index contributed by atoms with van der Waals surface area (Å²) < 4.78 is 0. The number of hydrogen-bond donors (Lipinski definition) is 0. The highest BCUT2D eigenvalue weighted by Crippen LogP contribution is 2.63. The summed E-state index contributed by atoms with van der Waals surface area (Å²) in [4.78, 5) is 21.4. The van der Waals surface area contributed by atoms with Crippen LogP contribution in [0.4, 0.5) is 5.82 Å². The molecule has 2 aliphatic heterocycles. The monoisotopic (exact) mass is 472 g/mol. The molecule has 174 valence electrons. The Hall–Kier alpha value is -2.84. The van der Waals surface area contributed by atoms with Gasteiger partial charge in [-0.3, -0.25) is 4.79 Å². The molecule has 2 aromatic rings. The summed E-state index contributed by atoms with van der Waals surface area (Å²) in [6, 6.07) is 10.4. The summed E-state index contributed by atoms with van der Waals surface area (Å²) >= 11 is 6.69. The van der Waals surface area contributed by atoms with Crippen molar-refractivity contribution in [3.05, 3.63) is 58.8 Å². The first kappa shape index (κ1) is 21.7. The van der Waals surface area contributed by atoms with Crippen LogP contribution in [0.2, 0.25) is 5.02 Å². The van der Waals surface area contributed by atoms with E-state index in [9.17, 15) is 10.1 Å². The van der Waals surface area contributed by atoms with Gasteiger partial charge in [0, 0.05) is 53.7 Å². The molecule has 1 aromatic carbocycles. The Labute approximate surface area is 206 Å². The van der Waals surface area contributed by atoms with Gasteiger partial charge >= 0.3 is 0 Å². The highest BCUT2D eigenvalue weighted by molar-refractivity contribution is 6.33. The fraction of sp³-hybridized carbons (Fsp3) is 0.464. The van der Waals surface area contributed by atoms with Crippen LogP contribution in [0, 0.1) is 28.1 Å². The second kappa shape index (κ2) is 7.33. The molecular weight excluding hydrogens is 444 g/mol. The molecule has 2 saturated heterocycles. The van der Waals surface area contributed by atoms with Gasteiger partial charge in [0.05, 0.1) is 5.69 Å². The van der Waals surface area contributed by atoms with E-state index in [1.54, 1.807) is 0 Å². The number of amides is 1. The lowest BCUT2D eigenvalue weighted by atomic mass is 9.48. The maximum Gasteiger partial charge on any atom is 0.245 e. The van der Waals surface area contributed by atoms with Crippen molar-refractivity contribution in [3.63, 3.8) is 0 Å². The molecule has 3 aliphatic carbocycles. The van der Waals surface area contributed by atoms with Crippen LogP contribution >= 0.6 is 11.6 Å². The van der Waals surface area contributed by atoms with Gasteiger partial charge in [0.1, 0.15) is 17.5 Å². The van der Waals surface area contributed by atoms with Crippen LogP contribution in [0.25, 0.3) is 11.1 Å². The predicted octanol–water partition coefficient (Wildman–Crippen LogP) is 5.18. The van der Waals surface area contributed by atoms with Gasteiger partial charge in [-0.05, 0) is 48.3 Å². The second-order valence-electron chi connectivity index (χ2n) is 11.2. The maximum absolute atomic E-state index is 12.0. The molecule has 0 N–H and O–H groups in total. The molecule has 34 heavy (non-hydrogen) atoms. The molecule has 1 saturated carbocycles. The third kappa shape index (κ3) is 2.91. The quantitative estimate of drug-likeness (QED) is 0.577. The molecule has 5 nitrogen and oxygen atoms in total. The lowest BCUT2D eigenvalue weighted by Crippen LogP contribution is -2.59. The van der Waals surface area contributed by atoms with Crippen molar-refractivity contribution in [3.8, 4) is 17.2 Å². The number of carbonyl (C=O) groups is 1. The summed E-state index contributed by atoms with van der Waals surface area (Å²) in [6.45, 7) is 11.5. The smallest absolute Gasteiger partial charge is 0.245 e. The number of rotatable bonds is 3. The Morgan fingerprint density at radius 1 is 1.29 bits per heavy atom. The van der Waals surface area contributed by atoms with E-state index in [1.807, 2.05) is 29.2 Å². The zero-order valence-corrected chi connectivity index (χ0v) is 20.5. The molecule has 3 fully saturated rings. The molecule has 3 heterocycles. The van der Waals surface area contributed by atoms with E-state index in [0.717, 1.165) is 61.7 Å². The molecule has 5 aliphatic rings. The summed E-state index contributed by atoms with van der Waals surface area (Å²) in [6.07, 6.45) is 4.50. The van der Waals surface area contributed by atoms with Crippen LogP contribution < -0.4 is 4.90 Å². The number of aromatic nitrogens is 1. The molecular formula is C28H29ClN4O. The third-order valence-corrected chi connectivity index (χ3v) is 9.42. The fourth-order valence-corrected chi connectivity index (χ4v) is 7.14. The first-order valence-electron chi connectivity index (χ1n) is 12.2. The normalized spacial score (nSPS) is 25.2. The number of pyridine rings is 1. The van der Waals surface area contributed by atoms with E-state index in [2.05, 4.69) is 31.4 Å². The first-order valence-corrected chi connectivity index (χ1v) is 12.5. The minimum atomic E-state index is -0.00327. The van der Waals surface area contributed by atoms with Crippen molar-refractivity contribution in [2.45, 2.75) is 39.0 Å². The molecule has 2 bridgehead atoms. The molecule has 1 amide bonds. The lowest BCUT2D eigenvalue weighted by molar-refractivity contribution is -0.136. The Bertz CT molecular complexity index is 1270. The Morgan fingerprint density at radius 2 is 2.06 bits per heavy atom. The third-order valence-electron chi connectivity index (χ3n) is 9.09. The van der Waals surface area contributed by atoms with Crippen LogP contribution in [0.3, 0.4) is 0 Å². The Morgan fingerprint density at radius 3 is 2.74 bits per heavy atom. The van der Waals surface area contributed by atoms with Crippen LogP contribution in [-0.4, -0.2) is 42.0 Å². The van der Waals surface area contributed by atoms with Crippen molar-refractivity contribution in [1.82, 2.24) is 9.88 Å². The molecule has 1 spiro atoms. The number of likely N-dealkylation sites (tertiary alicyclic amines) is 1. The summed E-state index contributed by atoms with van der Waals surface area (Å²) in [5.41, 5.74) is 5.24. The fourth-order valence-electron chi connectivity index (χ4n) is 6.91. The number of hydrogen-bond acceptors (Lipinski definition) is 4. The van der Waals surface area contributed by atoms with Gasteiger partial charge in [0.2, 0.25) is 5.91 Å². The number of anilines is 1. The standard InChI is InChI=1S/C28H29ClN4O/c1-4-23(34)33-15-28(16-33)9-10-32(14-28)26-20(13-30)24(18-7-5-6-8-22(18)29)19-11-17-12-21(25(19)31-26)27(17,2)3/h4-8,17,21H,1,9-12,14-16H2,2-3H3/t17-,21-/m0/s1. The molecule has 7 rings (SSSR count). The average molecular weight is 473 g/mol. The highest BCUT2D eigenvalue weighted by atomic mass is 35.5. The lowest BCUT2D eigenvalue weighted by Gasteiger charge is -2.57. The number of halogens is 1. The van der Waals surface area contributed by atoms with Crippen molar-refractivity contribution in [1.29, 1.82) is 5.26 Å². The Balaban J connectivity index is 1.46. The zero-order valence-electron chi connectivity index (χ0n) is 19.8. The molecule has 6 heteroatoms. The molecule has 0 radical (unpaired) electrons. The van der Waals surface area contributed by atoms with Crippen molar-refractivity contribution in [2.24, 2.45) is 16.7 Å². The van der Waals surface area contributed by atoms with Crippen molar-refractivity contribution < 1.29 is 4.79 Å². The van der Waals surface area contributed by atoms with E-state index in [4.69, 9.17) is 16.6 Å². The van der Waals surface area contributed by atoms with E-state index in [-0.39, 0.29) is 16.7 Å². The van der Waals surface area contributed by atoms with E-state index >= 15 is 0 Å². The largest absolute Gasteiger partial charge is 0.355 e. The van der Waals surface area contributed by atoms with E-state index < -0.39 is 0 Å². The zero-order chi connectivity index (χ0) is 23.8. The van der Waals surface area contributed by atoms with Gasteiger partial charge in [0.25, 0.3) is 0 Å². The Kier molecular flexibility index (Phi) is 4.67. The van der Waals surface area contributed by atoms with Gasteiger partial charge in [0.15, 0.2) is 0 Å². The van der Waals surface area contributed by atoms with Crippen LogP contribution in [0.1, 0.15) is 49.4 Å². The predicted molar refractivity (Wildman–Crippen MR) is 134 cm³/mol. The van der Waals surface area contributed by atoms with Gasteiger partial charge < -0.3 is 9.80 Å². The highest BCUT2D eigenvalue weighted by Gasteiger charge is 2.55. The van der Waals surface area contributed by atoms with Crippen LogP contribution in [-0.2, 0) is 11.2 Å². The van der Waals surface area contributed by atoms with Gasteiger partial charge in [-0.15, -0.1) is 0 Å². The van der Waals surface area contributed by atoms with Crippen LogP contribution in [0.5, 0.6) is 0 Å². The minimum Gasteiger partial charge on any atom is -0.355 e. The SMILES string of the molecule is C=CC(=O)N1CC2(CCN(c3nc4c(c(-c5ccccc5Cl)c3C#N)C[C@H]3C[C@@H]4C3(C)C)C2)C1. The van der Waals surface area contributed by atoms with Crippen molar-refractivity contribution >= 4 is 23.3 Å². The maximum atomic E-state index is 12.0. The average Bonchev–Trinajstić information content (AvgIpc) is 3.27. The van der Waals surface area contributed by atoms with E-state index in [0.29, 0.717) is 22.4 Å². The molecule has 2 atom stereocenters. The van der Waals surface area contributed by atoms with E-state index in [1.165, 1.54) is 18.1 Å². The number of carbonyl (C=O) groups excluding carboxylic acids is 1. The minimum absolute atomic E-state index is 0.00327. The van der Waals surface area contributed by atoms with Gasteiger partial charge in [-0.25, -0.2) is 4.98 Å². The summed E-state index contributed by atoms with van der Waals surface area (Å²) in [5.74, 6) is 1.82. The molecule has 0 unspecified atom stereocenters. The number of benzene rings is 1. The topological polar surface area (TPSA) is 60.2 Å². The van der Waals surface area contributed by atoms with Gasteiger partial charge in [-0.2, -0.15) is 5.26 Å². The van der Waals surface area contributed by atoms with Crippen molar-refractivity contribution in [2.75, 3.05) is 31.1 Å².